The highest BCUT2D eigenvalue weighted by molar-refractivity contribution is 5.80. The second-order valence-corrected chi connectivity index (χ2v) is 10.4. The van der Waals surface area contributed by atoms with Crippen LogP contribution >= 0.6 is 0 Å². The third kappa shape index (κ3) is 19.6. The first-order valence-electron chi connectivity index (χ1n) is 15.0. The molecule has 0 spiro atoms. The molecular formula is C30H59NO4. The second kappa shape index (κ2) is 24.4. The minimum absolute atomic E-state index is 0.354. The fourth-order valence-electron chi connectivity index (χ4n) is 4.27. The van der Waals surface area contributed by atoms with E-state index in [2.05, 4.69) is 20.8 Å². The van der Waals surface area contributed by atoms with Crippen molar-refractivity contribution < 1.29 is 19.1 Å². The van der Waals surface area contributed by atoms with Gasteiger partial charge in [-0.2, -0.15) is 0 Å². The van der Waals surface area contributed by atoms with Crippen molar-refractivity contribution in [2.24, 2.45) is 5.92 Å². The van der Waals surface area contributed by atoms with Crippen LogP contribution in [0, 0.1) is 5.92 Å². The molecule has 1 amide bonds. The van der Waals surface area contributed by atoms with Crippen LogP contribution in [0.3, 0.4) is 0 Å². The lowest BCUT2D eigenvalue weighted by molar-refractivity contribution is -0.148. The summed E-state index contributed by atoms with van der Waals surface area (Å²) in [6.45, 7) is 9.11. The molecule has 5 nitrogen and oxygen atoms in total. The van der Waals surface area contributed by atoms with Crippen LogP contribution < -0.4 is 0 Å². The highest BCUT2D eigenvalue weighted by atomic mass is 16.6. The van der Waals surface area contributed by atoms with E-state index in [-0.39, 0.29) is 5.97 Å². The molecule has 208 valence electrons. The third-order valence-electron chi connectivity index (χ3n) is 7.19. The Balaban J connectivity index is 3.67. The van der Waals surface area contributed by atoms with E-state index in [1.54, 1.807) is 14.0 Å². The van der Waals surface area contributed by atoms with Crippen LogP contribution in [0.5, 0.6) is 0 Å². The van der Waals surface area contributed by atoms with Crippen molar-refractivity contribution >= 4 is 12.1 Å². The van der Waals surface area contributed by atoms with Gasteiger partial charge in [0.15, 0.2) is 0 Å². The molecule has 0 fully saturated rings. The van der Waals surface area contributed by atoms with Crippen molar-refractivity contribution in [2.45, 2.75) is 156 Å². The Labute approximate surface area is 218 Å². The largest absolute Gasteiger partial charge is 0.464 e. The molecule has 0 N–H and O–H groups in total. The number of esters is 1. The number of unbranched alkanes of at least 4 members (excludes halogenated alkanes) is 15. The summed E-state index contributed by atoms with van der Waals surface area (Å²) in [5.41, 5.74) is 0. The fraction of sp³-hybridized carbons (Fsp3) is 0.933. The van der Waals surface area contributed by atoms with Gasteiger partial charge in [-0.15, -0.1) is 0 Å². The van der Waals surface area contributed by atoms with Crippen LogP contribution in [-0.2, 0) is 14.3 Å². The first-order valence-corrected chi connectivity index (χ1v) is 15.0. The summed E-state index contributed by atoms with van der Waals surface area (Å²) in [6.07, 6.45) is 23.6. The molecule has 0 aromatic heterocycles. The van der Waals surface area contributed by atoms with Gasteiger partial charge in [0.25, 0.3) is 0 Å². The van der Waals surface area contributed by atoms with Gasteiger partial charge in [-0.05, 0) is 25.7 Å². The van der Waals surface area contributed by atoms with Crippen LogP contribution in [0.2, 0.25) is 0 Å². The van der Waals surface area contributed by atoms with Crippen molar-refractivity contribution in [3.8, 4) is 0 Å². The fourth-order valence-corrected chi connectivity index (χ4v) is 4.27. The number of carbonyl (C=O) groups is 2. The number of amides is 1. The summed E-state index contributed by atoms with van der Waals surface area (Å²) in [5.74, 6) is 0.0347. The van der Waals surface area contributed by atoms with Gasteiger partial charge in [0.2, 0.25) is 0 Å². The van der Waals surface area contributed by atoms with E-state index >= 15 is 0 Å². The summed E-state index contributed by atoms with van der Waals surface area (Å²) >= 11 is 0. The van der Waals surface area contributed by atoms with Crippen LogP contribution in [0.15, 0.2) is 0 Å². The molecule has 0 aliphatic carbocycles. The number of hydrogen-bond acceptors (Lipinski definition) is 4. The van der Waals surface area contributed by atoms with Crippen LogP contribution in [-0.4, -0.2) is 43.3 Å². The van der Waals surface area contributed by atoms with Crippen molar-refractivity contribution in [3.63, 3.8) is 0 Å². The molecule has 0 bridgehead atoms. The number of ether oxygens (including phenoxy) is 2. The minimum Gasteiger partial charge on any atom is -0.464 e. The van der Waals surface area contributed by atoms with Crippen molar-refractivity contribution in [2.75, 3.05) is 20.3 Å². The quantitative estimate of drug-likeness (QED) is 0.0985. The summed E-state index contributed by atoms with van der Waals surface area (Å²) in [5, 5.41) is 0. The molecule has 0 saturated heterocycles. The first kappa shape index (κ1) is 33.7. The van der Waals surface area contributed by atoms with Crippen molar-refractivity contribution in [3.05, 3.63) is 0 Å². The number of hydrogen-bond donors (Lipinski definition) is 0. The predicted octanol–water partition coefficient (Wildman–Crippen LogP) is 9.07. The lowest BCUT2D eigenvalue weighted by Crippen LogP contribution is -2.42. The molecule has 0 heterocycles. The van der Waals surface area contributed by atoms with Gasteiger partial charge in [0.05, 0.1) is 13.2 Å². The number of likely N-dealkylation sites (N-methyl/N-ethyl adjacent to an activating group) is 1. The SMILES string of the molecule is CCCCCCCCCCCCCCCCCOC(=O)C(C)N(C)C(=O)OCC(CC)CCCC. The maximum Gasteiger partial charge on any atom is 0.410 e. The molecule has 0 saturated carbocycles. The maximum absolute atomic E-state index is 12.3. The molecule has 2 unspecified atom stereocenters. The lowest BCUT2D eigenvalue weighted by atomic mass is 10.0. The Kier molecular flexibility index (Phi) is 23.6. The highest BCUT2D eigenvalue weighted by Gasteiger charge is 2.25. The van der Waals surface area contributed by atoms with Gasteiger partial charge in [-0.3, -0.25) is 4.90 Å². The standard InChI is InChI=1S/C30H59NO4/c1-6-9-11-12-13-14-15-16-17-18-19-20-21-22-23-25-34-29(32)27(4)31(5)30(33)35-26-28(8-3)24-10-7-2/h27-28H,6-26H2,1-5H3. The van der Waals surface area contributed by atoms with E-state index in [1.807, 2.05) is 0 Å². The Morgan fingerprint density at radius 3 is 1.57 bits per heavy atom. The zero-order valence-corrected chi connectivity index (χ0v) is 24.1. The Morgan fingerprint density at radius 2 is 1.11 bits per heavy atom. The number of rotatable bonds is 24. The molecule has 0 radical (unpaired) electrons. The van der Waals surface area contributed by atoms with Gasteiger partial charge < -0.3 is 9.47 Å². The van der Waals surface area contributed by atoms with Gasteiger partial charge in [-0.25, -0.2) is 9.59 Å². The normalized spacial score (nSPS) is 12.8. The van der Waals surface area contributed by atoms with E-state index in [4.69, 9.17) is 9.47 Å². The highest BCUT2D eigenvalue weighted by Crippen LogP contribution is 2.15. The molecule has 0 aliphatic rings. The predicted molar refractivity (Wildman–Crippen MR) is 148 cm³/mol. The van der Waals surface area contributed by atoms with E-state index in [0.29, 0.717) is 19.1 Å². The van der Waals surface area contributed by atoms with Crippen LogP contribution in [0.1, 0.15) is 150 Å². The zero-order chi connectivity index (χ0) is 26.2. The van der Waals surface area contributed by atoms with Gasteiger partial charge in [0.1, 0.15) is 6.04 Å². The second-order valence-electron chi connectivity index (χ2n) is 10.4. The number of nitrogens with zero attached hydrogens (tertiary/aromatic N) is 1. The average molecular weight is 498 g/mol. The molecule has 2 atom stereocenters. The molecule has 0 aliphatic heterocycles. The monoisotopic (exact) mass is 497 g/mol. The van der Waals surface area contributed by atoms with E-state index in [9.17, 15) is 9.59 Å². The molecule has 5 heteroatoms. The molecule has 0 aromatic carbocycles. The number of carbonyl (C=O) groups excluding carboxylic acids is 2. The smallest absolute Gasteiger partial charge is 0.410 e. The topological polar surface area (TPSA) is 55.8 Å². The molecule has 0 aromatic rings. The Hall–Kier alpha value is -1.26. The van der Waals surface area contributed by atoms with E-state index < -0.39 is 12.1 Å². The Morgan fingerprint density at radius 1 is 0.657 bits per heavy atom. The molecule has 35 heavy (non-hydrogen) atoms. The lowest BCUT2D eigenvalue weighted by Gasteiger charge is -2.24. The molecule has 0 rings (SSSR count). The zero-order valence-electron chi connectivity index (χ0n) is 24.1. The first-order chi connectivity index (χ1) is 17.0. The summed E-state index contributed by atoms with van der Waals surface area (Å²) in [6, 6.07) is -0.630. The minimum atomic E-state index is -0.630. The summed E-state index contributed by atoms with van der Waals surface area (Å²) in [4.78, 5) is 26.0. The Bertz CT molecular complexity index is 497. The van der Waals surface area contributed by atoms with Crippen molar-refractivity contribution in [1.82, 2.24) is 4.90 Å². The maximum atomic E-state index is 12.3. The van der Waals surface area contributed by atoms with Crippen molar-refractivity contribution in [1.29, 1.82) is 0 Å². The van der Waals surface area contributed by atoms with E-state index in [0.717, 1.165) is 38.5 Å². The third-order valence-corrected chi connectivity index (χ3v) is 7.19. The van der Waals surface area contributed by atoms with Crippen LogP contribution in [0.25, 0.3) is 0 Å². The van der Waals surface area contributed by atoms with Gasteiger partial charge >= 0.3 is 12.1 Å². The van der Waals surface area contributed by atoms with Gasteiger partial charge in [-0.1, -0.05) is 130 Å². The molecular weight excluding hydrogens is 438 g/mol. The van der Waals surface area contributed by atoms with E-state index in [1.165, 1.54) is 88.4 Å². The van der Waals surface area contributed by atoms with Gasteiger partial charge in [0, 0.05) is 7.05 Å². The summed E-state index contributed by atoms with van der Waals surface area (Å²) < 4.78 is 10.8. The average Bonchev–Trinajstić information content (AvgIpc) is 2.87. The summed E-state index contributed by atoms with van der Waals surface area (Å²) in [7, 11) is 1.61. The van der Waals surface area contributed by atoms with Crippen LogP contribution in [0.4, 0.5) is 4.79 Å².